The van der Waals surface area contributed by atoms with Crippen LogP contribution in [0.5, 0.6) is 5.75 Å². The third-order valence-electron chi connectivity index (χ3n) is 2.79. The lowest BCUT2D eigenvalue weighted by Crippen LogP contribution is -2.08. The second-order valence-corrected chi connectivity index (χ2v) is 4.49. The van der Waals surface area contributed by atoms with E-state index in [1.54, 1.807) is 0 Å². The number of carbonyl (C=O) groups is 1. The highest BCUT2D eigenvalue weighted by molar-refractivity contribution is 5.75. The molecule has 3 nitrogen and oxygen atoms in total. The van der Waals surface area contributed by atoms with Gasteiger partial charge >= 0.3 is 5.97 Å². The molecule has 3 heteroatoms. The Labute approximate surface area is 95.0 Å². The van der Waals surface area contributed by atoms with Crippen LogP contribution in [0.2, 0.25) is 0 Å². The zero-order valence-corrected chi connectivity index (χ0v) is 9.51. The number of hydrogen-bond acceptors (Lipinski definition) is 2. The predicted molar refractivity (Wildman–Crippen MR) is 60.7 cm³/mol. The number of ether oxygens (including phenoxy) is 1. The molecule has 1 fully saturated rings. The number of hydrogen-bond donors (Lipinski definition) is 1. The Bertz CT molecular complexity index is 398. The van der Waals surface area contributed by atoms with Crippen LogP contribution in [0.3, 0.4) is 0 Å². The summed E-state index contributed by atoms with van der Waals surface area (Å²) in [5, 5.41) is 8.92. The van der Waals surface area contributed by atoms with Gasteiger partial charge in [0.05, 0.1) is 12.0 Å². The van der Waals surface area contributed by atoms with E-state index in [2.05, 4.69) is 0 Å². The Balaban J connectivity index is 2.18. The van der Waals surface area contributed by atoms with Gasteiger partial charge in [-0.3, -0.25) is 4.79 Å². The van der Waals surface area contributed by atoms with E-state index in [9.17, 15) is 4.79 Å². The average Bonchev–Trinajstić information content (AvgIpc) is 2.97. The number of para-hydroxylation sites is 1. The first-order chi connectivity index (χ1) is 7.59. The van der Waals surface area contributed by atoms with Crippen molar-refractivity contribution < 1.29 is 14.6 Å². The van der Waals surface area contributed by atoms with E-state index in [4.69, 9.17) is 9.84 Å². The van der Waals surface area contributed by atoms with Crippen molar-refractivity contribution in [2.45, 2.75) is 32.3 Å². The van der Waals surface area contributed by atoms with E-state index in [0.29, 0.717) is 0 Å². The van der Waals surface area contributed by atoms with E-state index in [-0.39, 0.29) is 17.9 Å². The molecule has 1 N–H and O–H groups in total. The Morgan fingerprint density at radius 3 is 2.69 bits per heavy atom. The predicted octanol–water partition coefficient (Wildman–Crippen LogP) is 2.66. The van der Waals surface area contributed by atoms with Crippen LogP contribution in [-0.2, 0) is 4.79 Å². The van der Waals surface area contributed by atoms with Crippen LogP contribution < -0.4 is 4.74 Å². The Kier molecular flexibility index (Phi) is 2.86. The van der Waals surface area contributed by atoms with Crippen molar-refractivity contribution in [1.29, 1.82) is 0 Å². The van der Waals surface area contributed by atoms with Crippen molar-refractivity contribution in [2.75, 3.05) is 0 Å². The molecule has 1 aliphatic carbocycles. The van der Waals surface area contributed by atoms with Gasteiger partial charge in [0, 0.05) is 5.92 Å². The Morgan fingerprint density at radius 2 is 2.12 bits per heavy atom. The first-order valence-electron chi connectivity index (χ1n) is 5.58. The lowest BCUT2D eigenvalue weighted by molar-refractivity contribution is -0.138. The van der Waals surface area contributed by atoms with Crippen LogP contribution in [0.1, 0.15) is 31.7 Å². The molecular weight excluding hydrogens is 204 g/mol. The summed E-state index contributed by atoms with van der Waals surface area (Å²) in [6, 6.07) is 7.72. The van der Waals surface area contributed by atoms with Crippen LogP contribution in [-0.4, -0.2) is 17.2 Å². The third kappa shape index (κ3) is 2.18. The van der Waals surface area contributed by atoms with E-state index in [1.165, 1.54) is 0 Å². The highest BCUT2D eigenvalue weighted by Crippen LogP contribution is 2.50. The molecule has 1 saturated carbocycles. The number of benzene rings is 1. The second-order valence-electron chi connectivity index (χ2n) is 4.49. The normalized spacial score (nSPS) is 23.2. The maximum absolute atomic E-state index is 10.8. The summed E-state index contributed by atoms with van der Waals surface area (Å²) in [4.78, 5) is 10.8. The largest absolute Gasteiger partial charge is 0.491 e. The molecule has 0 heterocycles. The molecule has 86 valence electrons. The number of carboxylic acid groups (broad SMARTS) is 1. The molecule has 2 rings (SSSR count). The van der Waals surface area contributed by atoms with Gasteiger partial charge in [0.25, 0.3) is 0 Å². The molecule has 0 aliphatic heterocycles. The fourth-order valence-electron chi connectivity index (χ4n) is 1.96. The zero-order chi connectivity index (χ0) is 11.7. The van der Waals surface area contributed by atoms with Gasteiger partial charge in [0.15, 0.2) is 0 Å². The number of carboxylic acids is 1. The van der Waals surface area contributed by atoms with E-state index >= 15 is 0 Å². The van der Waals surface area contributed by atoms with E-state index in [1.807, 2.05) is 38.1 Å². The molecule has 1 aromatic carbocycles. The second kappa shape index (κ2) is 4.16. The van der Waals surface area contributed by atoms with Crippen LogP contribution in [0, 0.1) is 5.92 Å². The van der Waals surface area contributed by atoms with Gasteiger partial charge in [-0.05, 0) is 31.9 Å². The number of aliphatic carboxylic acids is 1. The van der Waals surface area contributed by atoms with Gasteiger partial charge in [-0.15, -0.1) is 0 Å². The minimum Gasteiger partial charge on any atom is -0.491 e. The van der Waals surface area contributed by atoms with Gasteiger partial charge in [-0.2, -0.15) is 0 Å². The minimum atomic E-state index is -0.704. The summed E-state index contributed by atoms with van der Waals surface area (Å²) in [5.74, 6) is 0.0277. The SMILES string of the molecule is CC(C)Oc1ccccc1[C@H]1C[C@@H]1C(=O)O. The third-order valence-corrected chi connectivity index (χ3v) is 2.79. The van der Waals surface area contributed by atoms with Crippen molar-refractivity contribution in [3.05, 3.63) is 29.8 Å². The molecular formula is C13H16O3. The van der Waals surface area contributed by atoms with Crippen LogP contribution >= 0.6 is 0 Å². The van der Waals surface area contributed by atoms with Crippen LogP contribution in [0.15, 0.2) is 24.3 Å². The van der Waals surface area contributed by atoms with Crippen LogP contribution in [0.4, 0.5) is 0 Å². The number of rotatable bonds is 4. The standard InChI is InChI=1S/C13H16O3/c1-8(2)16-12-6-4-3-5-9(12)10-7-11(10)13(14)15/h3-6,8,10-11H,7H2,1-2H3,(H,14,15)/t10-,11+/m1/s1. The summed E-state index contributed by atoms with van der Waals surface area (Å²) in [7, 11) is 0. The van der Waals surface area contributed by atoms with Crippen molar-refractivity contribution in [3.63, 3.8) is 0 Å². The van der Waals surface area contributed by atoms with Crippen molar-refractivity contribution in [3.8, 4) is 5.75 Å². The maximum Gasteiger partial charge on any atom is 0.307 e. The first kappa shape index (κ1) is 11.0. The first-order valence-corrected chi connectivity index (χ1v) is 5.58. The highest BCUT2D eigenvalue weighted by Gasteiger charge is 2.45. The van der Waals surface area contributed by atoms with Crippen molar-refractivity contribution in [2.24, 2.45) is 5.92 Å². The summed E-state index contributed by atoms with van der Waals surface area (Å²) in [6.07, 6.45) is 0.844. The smallest absolute Gasteiger partial charge is 0.307 e. The van der Waals surface area contributed by atoms with Gasteiger partial charge in [-0.1, -0.05) is 18.2 Å². The molecule has 0 unspecified atom stereocenters. The van der Waals surface area contributed by atoms with Gasteiger partial charge < -0.3 is 9.84 Å². The van der Waals surface area contributed by atoms with E-state index in [0.717, 1.165) is 17.7 Å². The van der Waals surface area contributed by atoms with Crippen molar-refractivity contribution in [1.82, 2.24) is 0 Å². The maximum atomic E-state index is 10.8. The summed E-state index contributed by atoms with van der Waals surface area (Å²) in [5.41, 5.74) is 1.03. The summed E-state index contributed by atoms with van der Waals surface area (Å²) in [6.45, 7) is 3.94. The molecule has 1 aliphatic rings. The van der Waals surface area contributed by atoms with Crippen LogP contribution in [0.25, 0.3) is 0 Å². The quantitative estimate of drug-likeness (QED) is 0.848. The molecule has 0 amide bonds. The molecule has 0 aromatic heterocycles. The van der Waals surface area contributed by atoms with Crippen molar-refractivity contribution >= 4 is 5.97 Å². The zero-order valence-electron chi connectivity index (χ0n) is 9.51. The molecule has 16 heavy (non-hydrogen) atoms. The molecule has 0 saturated heterocycles. The van der Waals surface area contributed by atoms with E-state index < -0.39 is 5.97 Å². The van der Waals surface area contributed by atoms with Gasteiger partial charge in [0.1, 0.15) is 5.75 Å². The average molecular weight is 220 g/mol. The summed E-state index contributed by atoms with van der Waals surface area (Å²) >= 11 is 0. The monoisotopic (exact) mass is 220 g/mol. The fraction of sp³-hybridized carbons (Fsp3) is 0.462. The fourth-order valence-corrected chi connectivity index (χ4v) is 1.96. The molecule has 1 aromatic rings. The topological polar surface area (TPSA) is 46.5 Å². The van der Waals surface area contributed by atoms with Gasteiger partial charge in [-0.25, -0.2) is 0 Å². The molecule has 0 radical (unpaired) electrons. The molecule has 0 bridgehead atoms. The molecule has 0 spiro atoms. The highest BCUT2D eigenvalue weighted by atomic mass is 16.5. The lowest BCUT2D eigenvalue weighted by atomic mass is 10.1. The Hall–Kier alpha value is -1.51. The van der Waals surface area contributed by atoms with Gasteiger partial charge in [0.2, 0.25) is 0 Å². The summed E-state index contributed by atoms with van der Waals surface area (Å²) < 4.78 is 5.68. The Morgan fingerprint density at radius 1 is 1.44 bits per heavy atom. The lowest BCUT2D eigenvalue weighted by Gasteiger charge is -2.13. The molecule has 2 atom stereocenters. The minimum absolute atomic E-state index is 0.114.